The minimum absolute atomic E-state index is 0.00747. The van der Waals surface area contributed by atoms with Gasteiger partial charge in [0.2, 0.25) is 0 Å². The molecule has 51 heavy (non-hydrogen) atoms. The van der Waals surface area contributed by atoms with Gasteiger partial charge in [-0.05, 0) is 97.4 Å². The van der Waals surface area contributed by atoms with Crippen LogP contribution in [0.5, 0.6) is 0 Å². The molecule has 0 aromatic carbocycles. The molecule has 6 heteroatoms. The number of hydrogen-bond donors (Lipinski definition) is 1. The fraction of sp³-hybridized carbons (Fsp3) is 0.956. The quantitative estimate of drug-likeness (QED) is 0.0501. The molecule has 1 atom stereocenters. The van der Waals surface area contributed by atoms with Crippen LogP contribution in [-0.4, -0.2) is 62.8 Å². The van der Waals surface area contributed by atoms with Crippen LogP contribution in [0.4, 0.5) is 0 Å². The van der Waals surface area contributed by atoms with Gasteiger partial charge in [-0.2, -0.15) is 0 Å². The number of esters is 2. The molecule has 0 heterocycles. The number of carbonyl (C=O) groups is 2. The van der Waals surface area contributed by atoms with Crippen LogP contribution >= 0.6 is 0 Å². The number of nitrogens with one attached hydrogen (secondary N) is 1. The van der Waals surface area contributed by atoms with Crippen LogP contribution in [0.3, 0.4) is 0 Å². The van der Waals surface area contributed by atoms with Crippen molar-refractivity contribution < 1.29 is 19.1 Å². The van der Waals surface area contributed by atoms with Crippen molar-refractivity contribution in [3.05, 3.63) is 0 Å². The van der Waals surface area contributed by atoms with Crippen LogP contribution in [0, 0.1) is 0 Å². The number of nitrogens with zero attached hydrogens (tertiary/aromatic N) is 1. The van der Waals surface area contributed by atoms with E-state index >= 15 is 0 Å². The van der Waals surface area contributed by atoms with Gasteiger partial charge < -0.3 is 19.7 Å². The van der Waals surface area contributed by atoms with Crippen LogP contribution in [0.25, 0.3) is 0 Å². The van der Waals surface area contributed by atoms with Crippen molar-refractivity contribution in [2.45, 2.75) is 240 Å². The van der Waals surface area contributed by atoms with E-state index in [2.05, 4.69) is 31.0 Å². The third kappa shape index (κ3) is 41.5. The molecule has 1 N–H and O–H groups in total. The third-order valence-corrected chi connectivity index (χ3v) is 9.93. The average molecular weight is 725 g/mol. The molecule has 0 amide bonds. The van der Waals surface area contributed by atoms with Gasteiger partial charge in [-0.1, -0.05) is 157 Å². The summed E-state index contributed by atoms with van der Waals surface area (Å²) in [6.07, 6.45) is 36.2. The van der Waals surface area contributed by atoms with Crippen molar-refractivity contribution in [2.24, 2.45) is 0 Å². The van der Waals surface area contributed by atoms with Crippen LogP contribution in [0.2, 0.25) is 0 Å². The molecule has 0 bridgehead atoms. The normalized spacial score (nSPS) is 11.7. The highest BCUT2D eigenvalue weighted by Crippen LogP contribution is 2.18. The predicted octanol–water partition coefficient (Wildman–Crippen LogP) is 13.1. The van der Waals surface area contributed by atoms with E-state index < -0.39 is 0 Å². The van der Waals surface area contributed by atoms with E-state index in [4.69, 9.17) is 9.47 Å². The predicted molar refractivity (Wildman–Crippen MR) is 223 cm³/mol. The summed E-state index contributed by atoms with van der Waals surface area (Å²) in [5.41, 5.74) is 0. The number of hydrogen-bond acceptors (Lipinski definition) is 6. The minimum atomic E-state index is -0.00747. The van der Waals surface area contributed by atoms with E-state index in [1.165, 1.54) is 154 Å². The lowest BCUT2D eigenvalue weighted by atomic mass is 10.0. The Morgan fingerprint density at radius 2 is 0.882 bits per heavy atom. The molecule has 0 spiro atoms. The molecular formula is C45H92N2O4. The molecule has 0 aromatic heterocycles. The summed E-state index contributed by atoms with van der Waals surface area (Å²) in [4.78, 5) is 27.3. The van der Waals surface area contributed by atoms with E-state index in [-0.39, 0.29) is 18.0 Å². The Kier molecular flexibility index (Phi) is 45.9. The zero-order valence-corrected chi connectivity index (χ0v) is 35.6. The maximum atomic E-state index is 12.6. The van der Waals surface area contributed by atoms with E-state index in [0.29, 0.717) is 19.4 Å². The largest absolute Gasteiger partial charge is 0.466 e. The summed E-state index contributed by atoms with van der Waals surface area (Å²) in [7, 11) is 2.04. The van der Waals surface area contributed by atoms with E-state index in [1.807, 2.05) is 20.9 Å². The molecule has 1 unspecified atom stereocenters. The molecule has 0 saturated carbocycles. The number of carbonyl (C=O) groups excluding carboxylic acids is 2. The molecule has 0 aliphatic heterocycles. The molecule has 6 nitrogen and oxygen atoms in total. The second kappa shape index (κ2) is 45.0. The van der Waals surface area contributed by atoms with E-state index in [1.54, 1.807) is 0 Å². The Morgan fingerprint density at radius 3 is 1.39 bits per heavy atom. The van der Waals surface area contributed by atoms with Gasteiger partial charge in [0, 0.05) is 12.8 Å². The Hall–Kier alpha value is -1.14. The topological polar surface area (TPSA) is 67.9 Å². The highest BCUT2D eigenvalue weighted by Gasteiger charge is 2.14. The fourth-order valence-electron chi connectivity index (χ4n) is 6.68. The molecule has 0 aliphatic rings. The van der Waals surface area contributed by atoms with Gasteiger partial charge in [-0.15, -0.1) is 0 Å². The van der Waals surface area contributed by atoms with Crippen LogP contribution < -0.4 is 5.32 Å². The third-order valence-electron chi connectivity index (χ3n) is 9.93. The molecular weight excluding hydrogens is 633 g/mol. The summed E-state index contributed by atoms with van der Waals surface area (Å²) >= 11 is 0. The lowest BCUT2D eigenvalue weighted by Gasteiger charge is -2.22. The number of unbranched alkanes of at least 4 members (excludes halogenated alkanes) is 21. The standard InChI is InChI=1S/C43H86N2O4.C2H6/c1-5-8-11-14-15-23-30-40-48-42(46)34-26-19-16-21-28-37-45(39-31-36-44-4)38-29-22-17-20-27-35-43(47)49-41(32-24-13-10-7-3)33-25-18-12-9-6-2;1-2/h41,44H,5-40H2,1-4H3;1-2H3. The molecule has 0 aliphatic carbocycles. The van der Waals surface area contributed by atoms with Gasteiger partial charge >= 0.3 is 11.9 Å². The SMILES string of the molecule is CC.CCCCCCCCCOC(=O)CCCCCCCN(CCCCCCCC(=O)OC(CCCCCC)CCCCCCC)CCCNC. The Bertz CT molecular complexity index is 689. The van der Waals surface area contributed by atoms with Crippen molar-refractivity contribution in [1.82, 2.24) is 10.2 Å². The first kappa shape index (κ1) is 52.0. The van der Waals surface area contributed by atoms with Gasteiger partial charge in [-0.25, -0.2) is 0 Å². The van der Waals surface area contributed by atoms with Gasteiger partial charge in [0.1, 0.15) is 6.10 Å². The molecule has 0 saturated heterocycles. The van der Waals surface area contributed by atoms with Crippen LogP contribution in [0.15, 0.2) is 0 Å². The maximum absolute atomic E-state index is 12.6. The zero-order chi connectivity index (χ0) is 37.9. The summed E-state index contributed by atoms with van der Waals surface area (Å²) in [6, 6.07) is 0. The van der Waals surface area contributed by atoms with Gasteiger partial charge in [0.05, 0.1) is 6.61 Å². The molecule has 0 aromatic rings. The van der Waals surface area contributed by atoms with Gasteiger partial charge in [-0.3, -0.25) is 9.59 Å². The Morgan fingerprint density at radius 1 is 0.490 bits per heavy atom. The van der Waals surface area contributed by atoms with Crippen LogP contribution in [-0.2, 0) is 19.1 Å². The summed E-state index contributed by atoms with van der Waals surface area (Å²) < 4.78 is 11.4. The molecule has 0 radical (unpaired) electrons. The van der Waals surface area contributed by atoms with Crippen LogP contribution in [0.1, 0.15) is 234 Å². The summed E-state index contributed by atoms with van der Waals surface area (Å²) in [5, 5.41) is 3.29. The van der Waals surface area contributed by atoms with Gasteiger partial charge in [0.25, 0.3) is 0 Å². The summed E-state index contributed by atoms with van der Waals surface area (Å²) in [6.45, 7) is 15.9. The number of rotatable bonds is 40. The Balaban J connectivity index is 0. The second-order valence-electron chi connectivity index (χ2n) is 14.8. The average Bonchev–Trinajstić information content (AvgIpc) is 3.14. The van der Waals surface area contributed by atoms with Gasteiger partial charge in [0.15, 0.2) is 0 Å². The second-order valence-corrected chi connectivity index (χ2v) is 14.8. The maximum Gasteiger partial charge on any atom is 0.306 e. The Labute approximate surface area is 320 Å². The molecule has 306 valence electrons. The van der Waals surface area contributed by atoms with E-state index in [9.17, 15) is 9.59 Å². The number of ether oxygens (including phenoxy) is 2. The molecule has 0 rings (SSSR count). The fourth-order valence-corrected chi connectivity index (χ4v) is 6.68. The molecule has 0 fully saturated rings. The smallest absolute Gasteiger partial charge is 0.306 e. The van der Waals surface area contributed by atoms with Crippen molar-refractivity contribution >= 4 is 11.9 Å². The lowest BCUT2D eigenvalue weighted by Crippen LogP contribution is -2.29. The monoisotopic (exact) mass is 725 g/mol. The minimum Gasteiger partial charge on any atom is -0.466 e. The summed E-state index contributed by atoms with van der Waals surface area (Å²) in [5.74, 6) is 0.0235. The highest BCUT2D eigenvalue weighted by atomic mass is 16.5. The lowest BCUT2D eigenvalue weighted by molar-refractivity contribution is -0.150. The van der Waals surface area contributed by atoms with Crippen molar-refractivity contribution in [3.63, 3.8) is 0 Å². The van der Waals surface area contributed by atoms with Crippen molar-refractivity contribution in [1.29, 1.82) is 0 Å². The first-order valence-corrected chi connectivity index (χ1v) is 22.8. The first-order valence-electron chi connectivity index (χ1n) is 22.8. The zero-order valence-electron chi connectivity index (χ0n) is 35.6. The van der Waals surface area contributed by atoms with Crippen molar-refractivity contribution in [2.75, 3.05) is 39.8 Å². The first-order chi connectivity index (χ1) is 25.1. The highest BCUT2D eigenvalue weighted by molar-refractivity contribution is 5.69. The van der Waals surface area contributed by atoms with E-state index in [0.717, 1.165) is 58.0 Å². The van der Waals surface area contributed by atoms with Crippen molar-refractivity contribution in [3.8, 4) is 0 Å².